The Kier molecular flexibility index (Phi) is 3.76. The van der Waals surface area contributed by atoms with Crippen molar-refractivity contribution in [3.63, 3.8) is 0 Å². The van der Waals surface area contributed by atoms with Gasteiger partial charge in [-0.15, -0.1) is 0 Å². The normalized spacial score (nSPS) is 11.1. The van der Waals surface area contributed by atoms with Crippen molar-refractivity contribution < 1.29 is 0 Å². The summed E-state index contributed by atoms with van der Waals surface area (Å²) < 4.78 is 0. The van der Waals surface area contributed by atoms with Crippen LogP contribution in [0.3, 0.4) is 0 Å². The highest BCUT2D eigenvalue weighted by Gasteiger charge is 2.17. The van der Waals surface area contributed by atoms with Gasteiger partial charge in [0.05, 0.1) is 0 Å². The minimum Gasteiger partial charge on any atom is -0.0622 e. The highest BCUT2D eigenvalue weighted by atomic mass is 14.2. The van der Waals surface area contributed by atoms with Crippen molar-refractivity contribution in [1.82, 2.24) is 0 Å². The molecule has 0 fully saturated rings. The third kappa shape index (κ3) is 2.53. The molecule has 0 heteroatoms. The molecule has 0 aliphatic carbocycles. The van der Waals surface area contributed by atoms with E-state index in [-0.39, 0.29) is 0 Å². The second-order valence-electron chi connectivity index (χ2n) is 7.03. The number of hydrogen-bond acceptors (Lipinski definition) is 0. The van der Waals surface area contributed by atoms with Crippen molar-refractivity contribution in [2.75, 3.05) is 0 Å². The van der Waals surface area contributed by atoms with Gasteiger partial charge in [-0.2, -0.15) is 0 Å². The summed E-state index contributed by atoms with van der Waals surface area (Å²) in [7, 11) is 0. The van der Waals surface area contributed by atoms with E-state index >= 15 is 0 Å². The van der Waals surface area contributed by atoms with Crippen LogP contribution < -0.4 is 0 Å². The van der Waals surface area contributed by atoms with Crippen LogP contribution in [-0.2, 0) is 0 Å². The van der Waals surface area contributed by atoms with Gasteiger partial charge in [-0.1, -0.05) is 103 Å². The van der Waals surface area contributed by atoms with Crippen molar-refractivity contribution in [3.8, 4) is 22.3 Å². The minimum absolute atomic E-state index is 1.27. The predicted octanol–water partition coefficient (Wildman–Crippen LogP) is 7.64. The van der Waals surface area contributed by atoms with Crippen LogP contribution in [0.2, 0.25) is 0 Å². The van der Waals surface area contributed by atoms with Crippen LogP contribution in [0.1, 0.15) is 5.56 Å². The first-order valence-electron chi connectivity index (χ1n) is 9.39. The number of aryl methyl sites for hydroxylation is 1. The molecule has 0 radical (unpaired) electrons. The van der Waals surface area contributed by atoms with E-state index < -0.39 is 0 Å². The first kappa shape index (κ1) is 15.8. The maximum atomic E-state index is 2.27. The SMILES string of the molecule is Cc1cccc2c(-c3ccccc3)c3ccccc3c(-c3ccccc3)c12. The molecule has 0 unspecified atom stereocenters. The number of rotatable bonds is 2. The molecule has 0 nitrogen and oxygen atoms in total. The van der Waals surface area contributed by atoms with Crippen LogP contribution in [0.15, 0.2) is 103 Å². The van der Waals surface area contributed by atoms with Crippen molar-refractivity contribution in [2.24, 2.45) is 0 Å². The summed E-state index contributed by atoms with van der Waals surface area (Å²) in [6.07, 6.45) is 0. The lowest BCUT2D eigenvalue weighted by molar-refractivity contribution is 1.53. The Morgan fingerprint density at radius 3 is 1.52 bits per heavy atom. The quantitative estimate of drug-likeness (QED) is 0.289. The Balaban J connectivity index is 2.06. The maximum Gasteiger partial charge on any atom is -0.00237 e. The van der Waals surface area contributed by atoms with Gasteiger partial charge in [-0.25, -0.2) is 0 Å². The van der Waals surface area contributed by atoms with E-state index in [1.165, 1.54) is 49.4 Å². The first-order chi connectivity index (χ1) is 13.3. The summed E-state index contributed by atoms with van der Waals surface area (Å²) in [5, 5.41) is 5.28. The zero-order valence-electron chi connectivity index (χ0n) is 15.3. The number of hydrogen-bond donors (Lipinski definition) is 0. The van der Waals surface area contributed by atoms with Gasteiger partial charge in [0.1, 0.15) is 0 Å². The maximum absolute atomic E-state index is 2.27. The molecule has 0 atom stereocenters. The fraction of sp³-hybridized carbons (Fsp3) is 0.0370. The van der Waals surface area contributed by atoms with Gasteiger partial charge in [0.2, 0.25) is 0 Å². The fourth-order valence-electron chi connectivity index (χ4n) is 4.23. The molecule has 0 aliphatic heterocycles. The fourth-order valence-corrected chi connectivity index (χ4v) is 4.23. The summed E-state index contributed by atoms with van der Waals surface area (Å²) in [5.74, 6) is 0. The molecule has 5 aromatic carbocycles. The molecule has 5 aromatic rings. The molecule has 0 spiro atoms. The molecule has 0 heterocycles. The Bertz CT molecular complexity index is 1250. The highest BCUT2D eigenvalue weighted by molar-refractivity contribution is 6.22. The summed E-state index contributed by atoms with van der Waals surface area (Å²) in [4.78, 5) is 0. The molecular formula is C27H20. The smallest absolute Gasteiger partial charge is 0.00237 e. The third-order valence-corrected chi connectivity index (χ3v) is 5.38. The first-order valence-corrected chi connectivity index (χ1v) is 9.39. The van der Waals surface area contributed by atoms with Crippen molar-refractivity contribution in [1.29, 1.82) is 0 Å². The zero-order chi connectivity index (χ0) is 18.2. The Morgan fingerprint density at radius 2 is 0.889 bits per heavy atom. The van der Waals surface area contributed by atoms with E-state index in [0.29, 0.717) is 0 Å². The average molecular weight is 344 g/mol. The summed E-state index contributed by atoms with van der Waals surface area (Å²) in [6.45, 7) is 2.22. The molecule has 0 bridgehead atoms. The van der Waals surface area contributed by atoms with E-state index in [4.69, 9.17) is 0 Å². The van der Waals surface area contributed by atoms with Gasteiger partial charge in [0.25, 0.3) is 0 Å². The van der Waals surface area contributed by atoms with Gasteiger partial charge >= 0.3 is 0 Å². The Hall–Kier alpha value is -3.38. The van der Waals surface area contributed by atoms with E-state index in [1.54, 1.807) is 0 Å². The van der Waals surface area contributed by atoms with Gasteiger partial charge in [-0.05, 0) is 56.3 Å². The van der Waals surface area contributed by atoms with Crippen molar-refractivity contribution in [2.45, 2.75) is 6.92 Å². The molecule has 0 N–H and O–H groups in total. The minimum atomic E-state index is 1.27. The molecule has 0 saturated heterocycles. The van der Waals surface area contributed by atoms with Crippen LogP contribution in [0.4, 0.5) is 0 Å². The topological polar surface area (TPSA) is 0 Å². The molecule has 0 aromatic heterocycles. The molecule has 5 rings (SSSR count). The van der Waals surface area contributed by atoms with Gasteiger partial charge in [-0.3, -0.25) is 0 Å². The summed E-state index contributed by atoms with van der Waals surface area (Å²) in [5.41, 5.74) is 6.51. The lowest BCUT2D eigenvalue weighted by Gasteiger charge is -2.19. The van der Waals surface area contributed by atoms with Crippen molar-refractivity contribution in [3.05, 3.63) is 109 Å². The van der Waals surface area contributed by atoms with Crippen LogP contribution in [-0.4, -0.2) is 0 Å². The van der Waals surface area contributed by atoms with Gasteiger partial charge in [0.15, 0.2) is 0 Å². The lowest BCUT2D eigenvalue weighted by atomic mass is 9.84. The second-order valence-corrected chi connectivity index (χ2v) is 7.03. The molecular weight excluding hydrogens is 324 g/mol. The van der Waals surface area contributed by atoms with Gasteiger partial charge < -0.3 is 0 Å². The molecule has 128 valence electrons. The zero-order valence-corrected chi connectivity index (χ0v) is 15.3. The van der Waals surface area contributed by atoms with Crippen LogP contribution in [0.5, 0.6) is 0 Å². The van der Waals surface area contributed by atoms with E-state index in [1.807, 2.05) is 0 Å². The standard InChI is InChI=1S/C27H20/c1-19-11-10-18-24-25(19)27(21-14-6-3-7-15-21)23-17-9-8-16-22(23)26(24)20-12-4-2-5-13-20/h2-18H,1H3. The number of fused-ring (bicyclic) bond motifs is 2. The molecule has 0 aliphatic rings. The van der Waals surface area contributed by atoms with Crippen LogP contribution in [0, 0.1) is 6.92 Å². The molecule has 0 saturated carbocycles. The molecule has 0 amide bonds. The monoisotopic (exact) mass is 344 g/mol. The van der Waals surface area contributed by atoms with Crippen molar-refractivity contribution >= 4 is 21.5 Å². The second kappa shape index (κ2) is 6.41. The lowest BCUT2D eigenvalue weighted by Crippen LogP contribution is -1.92. The highest BCUT2D eigenvalue weighted by Crippen LogP contribution is 2.44. The Labute approximate surface area is 159 Å². The van der Waals surface area contributed by atoms with Gasteiger partial charge in [0, 0.05) is 0 Å². The summed E-state index contributed by atoms with van der Waals surface area (Å²) in [6, 6.07) is 37.0. The van der Waals surface area contributed by atoms with E-state index in [9.17, 15) is 0 Å². The van der Waals surface area contributed by atoms with Crippen LogP contribution in [0.25, 0.3) is 43.8 Å². The number of benzene rings is 5. The van der Waals surface area contributed by atoms with Crippen LogP contribution >= 0.6 is 0 Å². The molecule has 27 heavy (non-hydrogen) atoms. The third-order valence-electron chi connectivity index (χ3n) is 5.38. The largest absolute Gasteiger partial charge is 0.0622 e. The Morgan fingerprint density at radius 1 is 0.407 bits per heavy atom. The van der Waals surface area contributed by atoms with E-state index in [0.717, 1.165) is 0 Å². The van der Waals surface area contributed by atoms with E-state index in [2.05, 4.69) is 110 Å². The summed E-state index contributed by atoms with van der Waals surface area (Å²) >= 11 is 0. The predicted molar refractivity (Wildman–Crippen MR) is 117 cm³/mol. The average Bonchev–Trinajstić information content (AvgIpc) is 2.73.